The summed E-state index contributed by atoms with van der Waals surface area (Å²) in [6.07, 6.45) is -15.9. The molecule has 0 spiro atoms. The molecule has 0 amide bonds. The maximum atomic E-state index is 14.7. The fourth-order valence-electron chi connectivity index (χ4n) is 7.95. The SMILES string of the molecule is [B][B]CCCCOc1ccc2c(c1)CCC1C2CC[C@@]2(C)C1CC[C@@H]2NCC(F)(F)C(F)(F)COC(C(F)(F)F)(C(F)(F)F)C(F)(F)F. The molecule has 269 valence electrons. The van der Waals surface area contributed by atoms with Gasteiger partial charge in [0.05, 0.1) is 20.3 Å². The van der Waals surface area contributed by atoms with Gasteiger partial charge in [0.15, 0.2) is 0 Å². The van der Waals surface area contributed by atoms with E-state index in [0.717, 1.165) is 48.9 Å². The van der Waals surface area contributed by atoms with E-state index < -0.39 is 60.6 Å². The minimum atomic E-state index is -7.33. The first-order valence-corrected chi connectivity index (χ1v) is 15.6. The number of rotatable bonds is 13. The minimum Gasteiger partial charge on any atom is -0.494 e. The minimum absolute atomic E-state index is 0.000570. The molecule has 2 fully saturated rings. The van der Waals surface area contributed by atoms with Gasteiger partial charge in [-0.25, -0.2) is 0 Å². The third kappa shape index (κ3) is 7.16. The van der Waals surface area contributed by atoms with E-state index in [2.05, 4.69) is 10.1 Å². The van der Waals surface area contributed by atoms with Crippen LogP contribution in [0, 0.1) is 17.3 Å². The molecule has 3 aliphatic rings. The zero-order valence-corrected chi connectivity index (χ0v) is 25.9. The lowest BCUT2D eigenvalue weighted by molar-refractivity contribution is -0.464. The van der Waals surface area contributed by atoms with Gasteiger partial charge in [-0.3, -0.25) is 0 Å². The van der Waals surface area contributed by atoms with E-state index in [9.17, 15) is 57.1 Å². The third-order valence-corrected chi connectivity index (χ3v) is 10.5. The Morgan fingerprint density at radius 1 is 0.854 bits per heavy atom. The Kier molecular flexibility index (Phi) is 11.1. The van der Waals surface area contributed by atoms with Gasteiger partial charge in [0, 0.05) is 13.8 Å². The molecule has 2 saturated carbocycles. The lowest BCUT2D eigenvalue weighted by atomic mass is 9.53. The second-order valence-corrected chi connectivity index (χ2v) is 13.3. The van der Waals surface area contributed by atoms with Gasteiger partial charge in [0.25, 0.3) is 0 Å². The summed E-state index contributed by atoms with van der Waals surface area (Å²) in [6, 6.07) is 5.18. The van der Waals surface area contributed by atoms with Gasteiger partial charge in [-0.1, -0.05) is 25.7 Å². The summed E-state index contributed by atoms with van der Waals surface area (Å²) >= 11 is 0. The highest BCUT2D eigenvalue weighted by molar-refractivity contribution is 6.89. The summed E-state index contributed by atoms with van der Waals surface area (Å²) in [7, 11) is 6.98. The Morgan fingerprint density at radius 2 is 1.50 bits per heavy atom. The maximum Gasteiger partial charge on any atom is 0.435 e. The highest BCUT2D eigenvalue weighted by Crippen LogP contribution is 2.61. The van der Waals surface area contributed by atoms with Crippen LogP contribution in [0.2, 0.25) is 6.32 Å². The van der Waals surface area contributed by atoms with E-state index in [1.165, 1.54) is 0 Å². The summed E-state index contributed by atoms with van der Waals surface area (Å²) in [5.74, 6) is -10.1. The molecule has 3 radical (unpaired) electrons. The highest BCUT2D eigenvalue weighted by Gasteiger charge is 2.86. The van der Waals surface area contributed by atoms with Crippen LogP contribution in [0.4, 0.5) is 57.1 Å². The van der Waals surface area contributed by atoms with Crippen molar-refractivity contribution in [2.24, 2.45) is 17.3 Å². The Hall–Kier alpha value is -1.84. The van der Waals surface area contributed by atoms with Gasteiger partial charge < -0.3 is 14.8 Å². The molecule has 1 N–H and O–H groups in total. The lowest BCUT2D eigenvalue weighted by Crippen LogP contribution is -2.69. The van der Waals surface area contributed by atoms with Crippen LogP contribution < -0.4 is 10.1 Å². The van der Waals surface area contributed by atoms with Crippen LogP contribution in [-0.4, -0.2) is 76.7 Å². The second kappa shape index (κ2) is 13.7. The van der Waals surface area contributed by atoms with Gasteiger partial charge in [0.2, 0.25) is 0 Å². The van der Waals surface area contributed by atoms with Gasteiger partial charge in [-0.2, -0.15) is 57.1 Å². The predicted molar refractivity (Wildman–Crippen MR) is 151 cm³/mol. The van der Waals surface area contributed by atoms with Crippen molar-refractivity contribution >= 4 is 14.9 Å². The molecule has 4 rings (SSSR count). The molecule has 1 aromatic rings. The van der Waals surface area contributed by atoms with Gasteiger partial charge in [0.1, 0.15) is 12.4 Å². The Bertz CT molecular complexity index is 1220. The fraction of sp³-hybridized carbons (Fsp3) is 0.800. The molecular weight excluding hydrogens is 675 g/mol. The van der Waals surface area contributed by atoms with Crippen LogP contribution in [0.15, 0.2) is 18.2 Å². The molecule has 0 aromatic heterocycles. The van der Waals surface area contributed by atoms with Crippen molar-refractivity contribution in [3.8, 4) is 5.75 Å². The molecule has 0 bridgehead atoms. The molecule has 5 atom stereocenters. The molecule has 3 unspecified atom stereocenters. The number of nitrogens with one attached hydrogen (secondary N) is 1. The Balaban J connectivity index is 1.41. The quantitative estimate of drug-likeness (QED) is 0.127. The number of hydrogen-bond acceptors (Lipinski definition) is 3. The standard InChI is InChI=1S/C30H35B2F13NO2/c1-24-11-10-20-19-7-5-18(47-13-3-2-12-32-31)14-17(19)4-6-21(20)22(24)8-9-23(24)46-15-25(33,34)26(35,36)16-48-27(28(37,38)39,29(40,41)42)30(43,44)45/h5,7,14,20-23,46H,2-4,6,8-13,15-16H2,1H3/t20?,21?,22?,23-,24-/m0/s1. The van der Waals surface area contributed by atoms with Crippen molar-refractivity contribution in [1.82, 2.24) is 5.32 Å². The van der Waals surface area contributed by atoms with Crippen LogP contribution in [0.3, 0.4) is 0 Å². The predicted octanol–water partition coefficient (Wildman–Crippen LogP) is 8.58. The van der Waals surface area contributed by atoms with Crippen molar-refractivity contribution in [2.45, 2.75) is 113 Å². The third-order valence-electron chi connectivity index (χ3n) is 10.5. The molecule has 0 saturated heterocycles. The first-order chi connectivity index (χ1) is 22.0. The first-order valence-electron chi connectivity index (χ1n) is 15.6. The van der Waals surface area contributed by atoms with Crippen molar-refractivity contribution in [2.75, 3.05) is 19.8 Å². The number of benzene rings is 1. The van der Waals surface area contributed by atoms with Crippen LogP contribution in [0.5, 0.6) is 5.75 Å². The monoisotopic (exact) mass is 710 g/mol. The van der Waals surface area contributed by atoms with Gasteiger partial charge >= 0.3 is 36.0 Å². The van der Waals surface area contributed by atoms with E-state index in [1.807, 2.05) is 25.1 Å². The van der Waals surface area contributed by atoms with Gasteiger partial charge in [-0.05, 0) is 91.4 Å². The highest BCUT2D eigenvalue weighted by atomic mass is 19.4. The number of aryl methyl sites for hydroxylation is 1. The summed E-state index contributed by atoms with van der Waals surface area (Å²) in [4.78, 5) is 0. The fourth-order valence-corrected chi connectivity index (χ4v) is 7.95. The molecule has 1 aromatic carbocycles. The van der Waals surface area contributed by atoms with Crippen molar-refractivity contribution in [1.29, 1.82) is 0 Å². The molecular formula is C30H35B2F13NO2. The topological polar surface area (TPSA) is 30.5 Å². The molecule has 48 heavy (non-hydrogen) atoms. The van der Waals surface area contributed by atoms with Crippen LogP contribution in [-0.2, 0) is 11.2 Å². The van der Waals surface area contributed by atoms with E-state index in [0.29, 0.717) is 25.9 Å². The lowest BCUT2D eigenvalue weighted by Gasteiger charge is -2.51. The van der Waals surface area contributed by atoms with E-state index in [4.69, 9.17) is 12.5 Å². The van der Waals surface area contributed by atoms with Crippen LogP contribution in [0.25, 0.3) is 0 Å². The van der Waals surface area contributed by atoms with Crippen LogP contribution >= 0.6 is 0 Å². The number of hydrogen-bond donors (Lipinski definition) is 1. The zero-order chi connectivity index (χ0) is 36.0. The van der Waals surface area contributed by atoms with E-state index >= 15 is 0 Å². The van der Waals surface area contributed by atoms with Gasteiger partial charge in [-0.15, -0.1) is 0 Å². The Labute approximate surface area is 271 Å². The number of alkyl halides is 13. The number of halogens is 13. The summed E-state index contributed by atoms with van der Waals surface area (Å²) in [5, 5.41) is 2.33. The molecule has 3 aliphatic carbocycles. The van der Waals surface area contributed by atoms with Crippen molar-refractivity contribution < 1.29 is 66.5 Å². The number of unbranched alkanes of at least 4 members (excludes halogenated alkanes) is 1. The molecule has 0 heterocycles. The first kappa shape index (κ1) is 39.0. The molecule has 0 aliphatic heterocycles. The molecule has 18 heteroatoms. The summed E-state index contributed by atoms with van der Waals surface area (Å²) in [5.41, 5.74) is -5.44. The largest absolute Gasteiger partial charge is 0.494 e. The van der Waals surface area contributed by atoms with Crippen LogP contribution in [0.1, 0.15) is 68.9 Å². The second-order valence-electron chi connectivity index (χ2n) is 13.3. The number of ether oxygens (including phenoxy) is 2. The zero-order valence-electron chi connectivity index (χ0n) is 25.9. The van der Waals surface area contributed by atoms with Crippen molar-refractivity contribution in [3.63, 3.8) is 0 Å². The molecule has 3 nitrogen and oxygen atoms in total. The average molecular weight is 710 g/mol. The smallest absolute Gasteiger partial charge is 0.435 e. The van der Waals surface area contributed by atoms with E-state index in [1.54, 1.807) is 7.17 Å². The Morgan fingerprint density at radius 3 is 2.10 bits per heavy atom. The maximum absolute atomic E-state index is 14.7. The van der Waals surface area contributed by atoms with E-state index in [-0.39, 0.29) is 24.2 Å². The average Bonchev–Trinajstić information content (AvgIpc) is 3.29. The van der Waals surface area contributed by atoms with Crippen molar-refractivity contribution in [3.05, 3.63) is 29.3 Å². The summed E-state index contributed by atoms with van der Waals surface area (Å²) < 4.78 is 185. The summed E-state index contributed by atoms with van der Waals surface area (Å²) in [6.45, 7) is -3.02. The normalized spacial score (nSPS) is 26.9. The number of fused-ring (bicyclic) bond motifs is 5.